The number of esters is 1. The third-order valence-corrected chi connectivity index (χ3v) is 5.27. The predicted molar refractivity (Wildman–Crippen MR) is 121 cm³/mol. The zero-order chi connectivity index (χ0) is 21.9. The lowest BCUT2D eigenvalue weighted by molar-refractivity contribution is -0.149. The van der Waals surface area contributed by atoms with Crippen LogP contribution < -0.4 is 5.32 Å². The van der Waals surface area contributed by atoms with Gasteiger partial charge in [-0.3, -0.25) is 4.79 Å². The molecule has 0 aliphatic rings. The van der Waals surface area contributed by atoms with E-state index in [4.69, 9.17) is 4.74 Å². The zero-order valence-electron chi connectivity index (χ0n) is 18.7. The van der Waals surface area contributed by atoms with Gasteiger partial charge in [-0.15, -0.1) is 0 Å². The Kier molecular flexibility index (Phi) is 15.6. The van der Waals surface area contributed by atoms with E-state index in [1.165, 1.54) is 51.4 Å². The molecule has 0 saturated carbocycles. The van der Waals surface area contributed by atoms with Crippen LogP contribution in [0.25, 0.3) is 0 Å². The number of carbonyl (C=O) groups is 2. The fourth-order valence-corrected chi connectivity index (χ4v) is 3.42. The number of rotatable bonds is 18. The van der Waals surface area contributed by atoms with Crippen LogP contribution in [0.4, 0.5) is 0 Å². The average molecular weight is 420 g/mol. The second-order valence-electron chi connectivity index (χ2n) is 8.01. The number of aliphatic hydroxyl groups is 1. The Hall–Kier alpha value is -1.88. The highest BCUT2D eigenvalue weighted by molar-refractivity contribution is 5.84. The van der Waals surface area contributed by atoms with E-state index in [1.807, 2.05) is 30.3 Å². The predicted octanol–water partition coefficient (Wildman–Crippen LogP) is 5.30. The molecular weight excluding hydrogens is 378 g/mol. The molecule has 0 aliphatic carbocycles. The highest BCUT2D eigenvalue weighted by Gasteiger charge is 2.21. The van der Waals surface area contributed by atoms with Crippen LogP contribution in [0.15, 0.2) is 30.3 Å². The molecule has 1 rings (SSSR count). The first kappa shape index (κ1) is 26.2. The molecule has 1 atom stereocenters. The van der Waals surface area contributed by atoms with Crippen molar-refractivity contribution in [1.29, 1.82) is 0 Å². The third kappa shape index (κ3) is 13.4. The van der Waals surface area contributed by atoms with Crippen LogP contribution >= 0.6 is 0 Å². The zero-order valence-corrected chi connectivity index (χ0v) is 18.7. The maximum Gasteiger partial charge on any atom is 0.329 e. The second-order valence-corrected chi connectivity index (χ2v) is 8.01. The number of unbranched alkanes of at least 4 members (excludes halogenated alkanes) is 10. The number of hydrogen-bond donors (Lipinski definition) is 2. The summed E-state index contributed by atoms with van der Waals surface area (Å²) < 4.78 is 5.29. The van der Waals surface area contributed by atoms with Crippen LogP contribution in [0.5, 0.6) is 0 Å². The molecule has 0 aliphatic heterocycles. The van der Waals surface area contributed by atoms with E-state index in [9.17, 15) is 14.7 Å². The van der Waals surface area contributed by atoms with Crippen molar-refractivity contribution in [1.82, 2.24) is 5.32 Å². The number of hydrogen-bond acceptors (Lipinski definition) is 4. The van der Waals surface area contributed by atoms with Gasteiger partial charge in [0.2, 0.25) is 5.91 Å². The van der Waals surface area contributed by atoms with E-state index in [0.29, 0.717) is 6.42 Å². The second kappa shape index (κ2) is 17.9. The smallest absolute Gasteiger partial charge is 0.329 e. The van der Waals surface area contributed by atoms with Crippen LogP contribution in [0.2, 0.25) is 0 Å². The van der Waals surface area contributed by atoms with E-state index in [2.05, 4.69) is 12.2 Å². The number of aliphatic hydroxyl groups excluding tert-OH is 1. The molecule has 0 fully saturated rings. The molecule has 5 heteroatoms. The van der Waals surface area contributed by atoms with Crippen LogP contribution in [0.1, 0.15) is 96.0 Å². The number of carbonyl (C=O) groups excluding carboxylic acids is 2. The minimum absolute atomic E-state index is 0.152. The van der Waals surface area contributed by atoms with E-state index in [1.54, 1.807) is 0 Å². The first-order chi connectivity index (χ1) is 14.7. The third-order valence-electron chi connectivity index (χ3n) is 5.27. The van der Waals surface area contributed by atoms with Gasteiger partial charge in [0.25, 0.3) is 0 Å². The average Bonchev–Trinajstić information content (AvgIpc) is 2.76. The SMILES string of the molecule is CCCCCCCCCCCCCC(=O)N[C@@H](CCO)C(=O)OCc1ccccc1. The molecule has 0 bridgehead atoms. The highest BCUT2D eigenvalue weighted by atomic mass is 16.5. The molecule has 30 heavy (non-hydrogen) atoms. The van der Waals surface area contributed by atoms with Gasteiger partial charge in [0.15, 0.2) is 0 Å². The molecule has 5 nitrogen and oxygen atoms in total. The molecule has 1 aromatic carbocycles. The van der Waals surface area contributed by atoms with Gasteiger partial charge in [-0.2, -0.15) is 0 Å². The van der Waals surface area contributed by atoms with Crippen molar-refractivity contribution in [3.8, 4) is 0 Å². The summed E-state index contributed by atoms with van der Waals surface area (Å²) in [4.78, 5) is 24.4. The van der Waals surface area contributed by atoms with Gasteiger partial charge in [0.1, 0.15) is 12.6 Å². The number of nitrogens with one attached hydrogen (secondary N) is 1. The number of amides is 1. The lowest BCUT2D eigenvalue weighted by atomic mass is 10.1. The van der Waals surface area contributed by atoms with E-state index >= 15 is 0 Å². The Labute approximate surface area is 182 Å². The van der Waals surface area contributed by atoms with Crippen LogP contribution in [0, 0.1) is 0 Å². The molecule has 0 aromatic heterocycles. The molecule has 1 amide bonds. The Morgan fingerprint density at radius 1 is 0.900 bits per heavy atom. The van der Waals surface area contributed by atoms with Crippen molar-refractivity contribution >= 4 is 11.9 Å². The maximum absolute atomic E-state index is 12.3. The quantitative estimate of drug-likeness (QED) is 0.250. The van der Waals surface area contributed by atoms with Crippen molar-refractivity contribution in [2.75, 3.05) is 6.61 Å². The van der Waals surface area contributed by atoms with E-state index < -0.39 is 12.0 Å². The first-order valence-corrected chi connectivity index (χ1v) is 11.8. The molecule has 1 aromatic rings. The van der Waals surface area contributed by atoms with Gasteiger partial charge in [-0.1, -0.05) is 101 Å². The first-order valence-electron chi connectivity index (χ1n) is 11.8. The topological polar surface area (TPSA) is 75.6 Å². The molecule has 0 unspecified atom stereocenters. The normalized spacial score (nSPS) is 11.8. The Morgan fingerprint density at radius 3 is 2.03 bits per heavy atom. The summed E-state index contributed by atoms with van der Waals surface area (Å²) in [7, 11) is 0. The Morgan fingerprint density at radius 2 is 1.47 bits per heavy atom. The van der Waals surface area contributed by atoms with E-state index in [0.717, 1.165) is 24.8 Å². The Bertz CT molecular complexity index is 562. The minimum Gasteiger partial charge on any atom is -0.459 e. The molecule has 0 heterocycles. The lowest BCUT2D eigenvalue weighted by Gasteiger charge is -2.17. The van der Waals surface area contributed by atoms with Gasteiger partial charge in [-0.05, 0) is 12.0 Å². The number of ether oxygens (including phenoxy) is 1. The highest BCUT2D eigenvalue weighted by Crippen LogP contribution is 2.12. The largest absolute Gasteiger partial charge is 0.459 e. The van der Waals surface area contributed by atoms with Crippen LogP contribution in [-0.4, -0.2) is 29.6 Å². The fraction of sp³-hybridized carbons (Fsp3) is 0.680. The summed E-state index contributed by atoms with van der Waals surface area (Å²) in [5.74, 6) is -0.652. The summed E-state index contributed by atoms with van der Waals surface area (Å²) in [6.07, 6.45) is 14.1. The van der Waals surface area contributed by atoms with Gasteiger partial charge in [-0.25, -0.2) is 4.79 Å². The van der Waals surface area contributed by atoms with Crippen molar-refractivity contribution in [3.05, 3.63) is 35.9 Å². The van der Waals surface area contributed by atoms with Crippen molar-refractivity contribution in [2.45, 2.75) is 103 Å². The van der Waals surface area contributed by atoms with Crippen molar-refractivity contribution < 1.29 is 19.4 Å². The van der Waals surface area contributed by atoms with Gasteiger partial charge >= 0.3 is 5.97 Å². The molecule has 2 N–H and O–H groups in total. The van der Waals surface area contributed by atoms with Crippen LogP contribution in [-0.2, 0) is 20.9 Å². The summed E-state index contributed by atoms with van der Waals surface area (Å²) >= 11 is 0. The number of benzene rings is 1. The van der Waals surface area contributed by atoms with Gasteiger partial charge in [0.05, 0.1) is 0 Å². The van der Waals surface area contributed by atoms with Crippen LogP contribution in [0.3, 0.4) is 0 Å². The molecule has 170 valence electrons. The van der Waals surface area contributed by atoms with E-state index in [-0.39, 0.29) is 25.5 Å². The van der Waals surface area contributed by atoms with Gasteiger partial charge in [0, 0.05) is 19.4 Å². The summed E-state index contributed by atoms with van der Waals surface area (Å²) in [5.41, 5.74) is 0.890. The Balaban J connectivity index is 2.12. The fourth-order valence-electron chi connectivity index (χ4n) is 3.42. The molecule has 0 saturated heterocycles. The summed E-state index contributed by atoms with van der Waals surface area (Å²) in [5, 5.41) is 11.9. The maximum atomic E-state index is 12.3. The van der Waals surface area contributed by atoms with Crippen molar-refractivity contribution in [2.24, 2.45) is 0 Å². The summed E-state index contributed by atoms with van der Waals surface area (Å²) in [6.45, 7) is 2.23. The lowest BCUT2D eigenvalue weighted by Crippen LogP contribution is -2.42. The molecule has 0 radical (unpaired) electrons. The minimum atomic E-state index is -0.793. The monoisotopic (exact) mass is 419 g/mol. The standard InChI is InChI=1S/C25H41NO4/c1-2-3-4-5-6-7-8-9-10-11-15-18-24(28)26-23(19-20-27)25(29)30-21-22-16-13-12-14-17-22/h12-14,16-17,23,27H,2-11,15,18-21H2,1H3,(H,26,28)/t23-/m0/s1. The van der Waals surface area contributed by atoms with Crippen molar-refractivity contribution in [3.63, 3.8) is 0 Å². The molecule has 0 spiro atoms. The molecular formula is C25H41NO4. The summed E-state index contributed by atoms with van der Waals surface area (Å²) in [6, 6.07) is 8.61. The van der Waals surface area contributed by atoms with Gasteiger partial charge < -0.3 is 15.2 Å².